The number of hydrogen-bond donors (Lipinski definition) is 2. The zero-order chi connectivity index (χ0) is 15.1. The van der Waals surface area contributed by atoms with Crippen LogP contribution in [0.3, 0.4) is 0 Å². The first-order valence-electron chi connectivity index (χ1n) is 5.19. The zero-order valence-corrected chi connectivity index (χ0v) is 13.0. The minimum Gasteiger partial charge on any atom is -0.282 e. The van der Waals surface area contributed by atoms with Crippen molar-refractivity contribution in [3.05, 3.63) is 23.2 Å². The molecule has 0 atom stereocenters. The number of halogens is 1. The second kappa shape index (κ2) is 4.93. The van der Waals surface area contributed by atoms with E-state index in [1.165, 1.54) is 32.9 Å². The van der Waals surface area contributed by atoms with Gasteiger partial charge >= 0.3 is 0 Å². The lowest BCUT2D eigenvalue weighted by atomic mass is 10.3. The first-order chi connectivity index (χ1) is 8.34. The van der Waals surface area contributed by atoms with Crippen molar-refractivity contribution < 1.29 is 16.8 Å². The third-order valence-corrected chi connectivity index (χ3v) is 5.66. The molecule has 0 saturated carbocycles. The second-order valence-corrected chi connectivity index (χ2v) is 9.31. The van der Waals surface area contributed by atoms with E-state index in [0.29, 0.717) is 0 Å². The highest BCUT2D eigenvalue weighted by Gasteiger charge is 2.29. The molecule has 0 aromatic heterocycles. The Labute approximate surface area is 118 Å². The summed E-state index contributed by atoms with van der Waals surface area (Å²) >= 11 is 5.84. The fourth-order valence-electron chi connectivity index (χ4n) is 1.06. The molecule has 0 fully saturated rings. The van der Waals surface area contributed by atoms with Crippen LogP contribution in [0.15, 0.2) is 23.1 Å². The monoisotopic (exact) mass is 326 g/mol. The summed E-state index contributed by atoms with van der Waals surface area (Å²) in [5, 5.41) is 5.06. The van der Waals surface area contributed by atoms with Crippen molar-refractivity contribution in [2.24, 2.45) is 5.14 Å². The third-order valence-electron chi connectivity index (χ3n) is 2.32. The predicted octanol–water partition coefficient (Wildman–Crippen LogP) is 1.53. The van der Waals surface area contributed by atoms with E-state index in [2.05, 4.69) is 4.72 Å². The van der Waals surface area contributed by atoms with Gasteiger partial charge in [-0.2, -0.15) is 0 Å². The lowest BCUT2D eigenvalue weighted by Crippen LogP contribution is -2.33. The molecule has 6 nitrogen and oxygen atoms in total. The predicted molar refractivity (Wildman–Crippen MR) is 75.1 cm³/mol. The summed E-state index contributed by atoms with van der Waals surface area (Å²) in [6.07, 6.45) is 0. The van der Waals surface area contributed by atoms with Gasteiger partial charge in [-0.25, -0.2) is 22.0 Å². The van der Waals surface area contributed by atoms with Gasteiger partial charge in [-0.1, -0.05) is 11.6 Å². The van der Waals surface area contributed by atoms with E-state index in [1.54, 1.807) is 0 Å². The van der Waals surface area contributed by atoms with Crippen LogP contribution in [0.4, 0.5) is 5.69 Å². The average Bonchev–Trinajstić information content (AvgIpc) is 2.17. The highest BCUT2D eigenvalue weighted by molar-refractivity contribution is 7.94. The lowest BCUT2D eigenvalue weighted by Gasteiger charge is -2.21. The normalized spacial score (nSPS) is 13.3. The molecule has 0 unspecified atom stereocenters. The number of benzene rings is 1. The Balaban J connectivity index is 3.31. The molecule has 0 radical (unpaired) electrons. The number of hydrogen-bond acceptors (Lipinski definition) is 4. The lowest BCUT2D eigenvalue weighted by molar-refractivity contribution is 0.566. The molecule has 1 aromatic carbocycles. The van der Waals surface area contributed by atoms with Crippen LogP contribution in [-0.4, -0.2) is 21.6 Å². The summed E-state index contributed by atoms with van der Waals surface area (Å²) in [4.78, 5) is -0.219. The molecule has 0 aliphatic carbocycles. The van der Waals surface area contributed by atoms with Gasteiger partial charge in [-0.05, 0) is 39.0 Å². The van der Waals surface area contributed by atoms with Gasteiger partial charge in [-0.3, -0.25) is 4.72 Å². The van der Waals surface area contributed by atoms with E-state index in [-0.39, 0.29) is 15.6 Å². The number of sulfonamides is 2. The molecule has 1 rings (SSSR count). The van der Waals surface area contributed by atoms with Gasteiger partial charge < -0.3 is 0 Å². The standard InChI is InChI=1S/C10H15ClN2O4S2/c1-10(2,3)19(16,17)13-9-6-7(18(12,14)15)4-5-8(9)11/h4-6,13H,1-3H3,(H2,12,14,15). The maximum atomic E-state index is 12.0. The van der Waals surface area contributed by atoms with E-state index in [1.807, 2.05) is 0 Å². The fraction of sp³-hybridized carbons (Fsp3) is 0.400. The number of anilines is 1. The van der Waals surface area contributed by atoms with Crippen molar-refractivity contribution in [2.45, 2.75) is 30.4 Å². The van der Waals surface area contributed by atoms with Crippen LogP contribution in [0.25, 0.3) is 0 Å². The maximum absolute atomic E-state index is 12.0. The zero-order valence-electron chi connectivity index (χ0n) is 10.6. The first kappa shape index (κ1) is 16.2. The summed E-state index contributed by atoms with van der Waals surface area (Å²) in [6.45, 7) is 4.52. The van der Waals surface area contributed by atoms with E-state index >= 15 is 0 Å². The smallest absolute Gasteiger partial charge is 0.238 e. The molecule has 0 saturated heterocycles. The molecular formula is C10H15ClN2O4S2. The summed E-state index contributed by atoms with van der Waals surface area (Å²) in [7, 11) is -7.63. The van der Waals surface area contributed by atoms with Crippen LogP contribution in [0.2, 0.25) is 5.02 Å². The van der Waals surface area contributed by atoms with Crippen LogP contribution < -0.4 is 9.86 Å². The molecule has 0 spiro atoms. The molecule has 0 aliphatic rings. The topological polar surface area (TPSA) is 106 Å². The first-order valence-corrected chi connectivity index (χ1v) is 8.60. The Bertz CT molecular complexity index is 691. The fourth-order valence-corrected chi connectivity index (χ4v) is 2.58. The van der Waals surface area contributed by atoms with Gasteiger partial charge in [0.25, 0.3) is 0 Å². The Morgan fingerprint density at radius 1 is 1.16 bits per heavy atom. The summed E-state index contributed by atoms with van der Waals surface area (Å²) in [5.74, 6) is 0. The van der Waals surface area contributed by atoms with Crippen LogP contribution in [-0.2, 0) is 20.0 Å². The number of nitrogens with one attached hydrogen (secondary N) is 1. The van der Waals surface area contributed by atoms with Gasteiger partial charge in [0, 0.05) is 0 Å². The number of primary sulfonamides is 1. The van der Waals surface area contributed by atoms with Gasteiger partial charge in [0.2, 0.25) is 20.0 Å². The van der Waals surface area contributed by atoms with Gasteiger partial charge in [-0.15, -0.1) is 0 Å². The van der Waals surface area contributed by atoms with Crippen molar-refractivity contribution in [1.29, 1.82) is 0 Å². The molecule has 9 heteroatoms. The molecule has 0 heterocycles. The summed E-state index contributed by atoms with van der Waals surface area (Å²) in [5.41, 5.74) is -0.0249. The molecule has 1 aromatic rings. The molecule has 108 valence electrons. The minimum atomic E-state index is -3.93. The Morgan fingerprint density at radius 3 is 2.11 bits per heavy atom. The SMILES string of the molecule is CC(C)(C)S(=O)(=O)Nc1cc(S(N)(=O)=O)ccc1Cl. The van der Waals surface area contributed by atoms with E-state index in [4.69, 9.17) is 16.7 Å². The molecule has 3 N–H and O–H groups in total. The Kier molecular flexibility index (Phi) is 4.21. The maximum Gasteiger partial charge on any atom is 0.238 e. The molecular weight excluding hydrogens is 312 g/mol. The quantitative estimate of drug-likeness (QED) is 0.878. The van der Waals surface area contributed by atoms with Crippen LogP contribution >= 0.6 is 11.6 Å². The van der Waals surface area contributed by atoms with Crippen molar-refractivity contribution in [3.8, 4) is 0 Å². The average molecular weight is 327 g/mol. The molecule has 0 amide bonds. The van der Waals surface area contributed by atoms with Crippen LogP contribution in [0.5, 0.6) is 0 Å². The van der Waals surface area contributed by atoms with Crippen LogP contribution in [0.1, 0.15) is 20.8 Å². The van der Waals surface area contributed by atoms with E-state index in [9.17, 15) is 16.8 Å². The molecule has 0 bridgehead atoms. The van der Waals surface area contributed by atoms with E-state index in [0.717, 1.165) is 6.07 Å². The van der Waals surface area contributed by atoms with Gasteiger partial charge in [0.15, 0.2) is 0 Å². The molecule has 0 aliphatic heterocycles. The van der Waals surface area contributed by atoms with Crippen molar-refractivity contribution in [2.75, 3.05) is 4.72 Å². The number of nitrogens with two attached hydrogens (primary N) is 1. The van der Waals surface area contributed by atoms with Gasteiger partial charge in [0.05, 0.1) is 20.4 Å². The van der Waals surface area contributed by atoms with Crippen LogP contribution in [0, 0.1) is 0 Å². The third kappa shape index (κ3) is 3.82. The highest BCUT2D eigenvalue weighted by atomic mass is 35.5. The Hall–Kier alpha value is -0.830. The molecule has 19 heavy (non-hydrogen) atoms. The van der Waals surface area contributed by atoms with Gasteiger partial charge in [0.1, 0.15) is 0 Å². The van der Waals surface area contributed by atoms with Crippen molar-refractivity contribution in [3.63, 3.8) is 0 Å². The van der Waals surface area contributed by atoms with E-state index < -0.39 is 24.8 Å². The summed E-state index contributed by atoms with van der Waals surface area (Å²) in [6, 6.07) is 3.55. The largest absolute Gasteiger partial charge is 0.282 e. The van der Waals surface area contributed by atoms with Crippen molar-refractivity contribution in [1.82, 2.24) is 0 Å². The van der Waals surface area contributed by atoms with Crippen molar-refractivity contribution >= 4 is 37.3 Å². The Morgan fingerprint density at radius 2 is 1.68 bits per heavy atom. The highest BCUT2D eigenvalue weighted by Crippen LogP contribution is 2.28. The minimum absolute atomic E-state index is 0.0249. The number of rotatable bonds is 3. The summed E-state index contributed by atoms with van der Waals surface area (Å²) < 4.78 is 47.6. The second-order valence-electron chi connectivity index (χ2n) is 4.90.